The summed E-state index contributed by atoms with van der Waals surface area (Å²) in [5.41, 5.74) is 0.939. The van der Waals surface area contributed by atoms with Crippen molar-refractivity contribution >= 4 is 11.8 Å². The zero-order valence-corrected chi connectivity index (χ0v) is 8.42. The van der Waals surface area contributed by atoms with Gasteiger partial charge in [-0.3, -0.25) is 4.98 Å². The first kappa shape index (κ1) is 9.03. The minimum Gasteiger partial charge on any atom is -0.387 e. The molecule has 1 aliphatic carbocycles. The van der Waals surface area contributed by atoms with E-state index in [1.54, 1.807) is 24.2 Å². The Labute approximate surface area is 82.4 Å². The average molecular weight is 195 g/mol. The van der Waals surface area contributed by atoms with Crippen molar-refractivity contribution < 1.29 is 5.11 Å². The Morgan fingerprint density at radius 1 is 1.62 bits per heavy atom. The van der Waals surface area contributed by atoms with Crippen LogP contribution in [0.2, 0.25) is 0 Å². The second-order valence-corrected chi connectivity index (χ2v) is 4.68. The fourth-order valence-corrected chi connectivity index (χ4v) is 2.42. The molecule has 13 heavy (non-hydrogen) atoms. The standard InChI is InChI=1S/C10H13NOS/c1-13-10(4-5-10)9(12)8-3-2-6-11-7-8/h2-3,6-7,9,12H,4-5H2,1H3. The van der Waals surface area contributed by atoms with Crippen molar-refractivity contribution in [2.45, 2.75) is 23.7 Å². The van der Waals surface area contributed by atoms with Gasteiger partial charge in [-0.05, 0) is 25.2 Å². The number of nitrogens with zero attached hydrogens (tertiary/aromatic N) is 1. The summed E-state index contributed by atoms with van der Waals surface area (Å²) < 4.78 is 0.0863. The van der Waals surface area contributed by atoms with Gasteiger partial charge in [-0.2, -0.15) is 11.8 Å². The molecule has 1 fully saturated rings. The van der Waals surface area contributed by atoms with Gasteiger partial charge >= 0.3 is 0 Å². The number of hydrogen-bond acceptors (Lipinski definition) is 3. The third kappa shape index (κ3) is 1.58. The molecule has 70 valence electrons. The highest BCUT2D eigenvalue weighted by Crippen LogP contribution is 2.55. The zero-order chi connectivity index (χ0) is 9.31. The summed E-state index contributed by atoms with van der Waals surface area (Å²) in [6.45, 7) is 0. The Bertz CT molecular complexity index is 284. The van der Waals surface area contributed by atoms with Crippen LogP contribution in [-0.2, 0) is 0 Å². The van der Waals surface area contributed by atoms with Crippen LogP contribution in [0.4, 0.5) is 0 Å². The van der Waals surface area contributed by atoms with Crippen LogP contribution in [-0.4, -0.2) is 21.1 Å². The second kappa shape index (κ2) is 3.31. The van der Waals surface area contributed by atoms with Crippen LogP contribution in [0.3, 0.4) is 0 Å². The molecule has 0 saturated heterocycles. The Hall–Kier alpha value is -0.540. The summed E-state index contributed by atoms with van der Waals surface area (Å²) in [6.07, 6.45) is 7.42. The minimum absolute atomic E-state index is 0.0863. The van der Waals surface area contributed by atoms with E-state index in [4.69, 9.17) is 0 Å². The molecule has 1 unspecified atom stereocenters. The Morgan fingerprint density at radius 2 is 2.38 bits per heavy atom. The Balaban J connectivity index is 2.18. The number of hydrogen-bond donors (Lipinski definition) is 1. The van der Waals surface area contributed by atoms with Crippen molar-refractivity contribution in [3.8, 4) is 0 Å². The van der Waals surface area contributed by atoms with Gasteiger partial charge in [0.05, 0.1) is 6.10 Å². The molecule has 2 nitrogen and oxygen atoms in total. The first-order valence-corrected chi connectivity index (χ1v) is 5.64. The van der Waals surface area contributed by atoms with Gasteiger partial charge in [0.15, 0.2) is 0 Å². The molecular weight excluding hydrogens is 182 g/mol. The second-order valence-electron chi connectivity index (χ2n) is 3.46. The van der Waals surface area contributed by atoms with Crippen LogP contribution >= 0.6 is 11.8 Å². The van der Waals surface area contributed by atoms with Crippen LogP contribution in [0.1, 0.15) is 24.5 Å². The van der Waals surface area contributed by atoms with E-state index >= 15 is 0 Å². The Kier molecular flexibility index (Phi) is 2.30. The lowest BCUT2D eigenvalue weighted by Gasteiger charge is -2.19. The smallest absolute Gasteiger partial charge is 0.0951 e. The van der Waals surface area contributed by atoms with Crippen molar-refractivity contribution in [1.29, 1.82) is 0 Å². The maximum Gasteiger partial charge on any atom is 0.0951 e. The molecule has 0 aromatic carbocycles. The van der Waals surface area contributed by atoms with Gasteiger partial charge in [0.25, 0.3) is 0 Å². The molecule has 1 heterocycles. The number of rotatable bonds is 3. The normalized spacial score (nSPS) is 21.1. The molecule has 1 atom stereocenters. The van der Waals surface area contributed by atoms with Gasteiger partial charge in [-0.15, -0.1) is 0 Å². The SMILES string of the molecule is CSC1(C(O)c2cccnc2)CC1. The molecule has 2 rings (SSSR count). The predicted octanol–water partition coefficient (Wildman–Crippen LogP) is 2.01. The number of aromatic nitrogens is 1. The van der Waals surface area contributed by atoms with Crippen molar-refractivity contribution in [2.75, 3.05) is 6.26 Å². The summed E-state index contributed by atoms with van der Waals surface area (Å²) in [7, 11) is 0. The highest BCUT2D eigenvalue weighted by atomic mass is 32.2. The van der Waals surface area contributed by atoms with Gasteiger partial charge in [-0.25, -0.2) is 0 Å². The fourth-order valence-electron chi connectivity index (χ4n) is 1.55. The molecule has 0 aliphatic heterocycles. The van der Waals surface area contributed by atoms with E-state index < -0.39 is 0 Å². The third-order valence-electron chi connectivity index (χ3n) is 2.65. The highest BCUT2D eigenvalue weighted by molar-refractivity contribution is 8.00. The van der Waals surface area contributed by atoms with Crippen LogP contribution in [0.15, 0.2) is 24.5 Å². The molecule has 1 N–H and O–H groups in total. The zero-order valence-electron chi connectivity index (χ0n) is 7.60. The molecule has 1 aromatic rings. The monoisotopic (exact) mass is 195 g/mol. The summed E-state index contributed by atoms with van der Waals surface area (Å²) in [6, 6.07) is 3.81. The summed E-state index contributed by atoms with van der Waals surface area (Å²) >= 11 is 1.76. The molecule has 0 amide bonds. The maximum atomic E-state index is 10.0. The average Bonchev–Trinajstić information content (AvgIpc) is 2.99. The van der Waals surface area contributed by atoms with E-state index in [1.165, 1.54) is 0 Å². The number of aliphatic hydroxyl groups excluding tert-OH is 1. The van der Waals surface area contributed by atoms with Gasteiger partial charge in [0.1, 0.15) is 0 Å². The largest absolute Gasteiger partial charge is 0.387 e. The highest BCUT2D eigenvalue weighted by Gasteiger charge is 2.48. The first-order chi connectivity index (χ1) is 6.28. The van der Waals surface area contributed by atoms with Crippen LogP contribution in [0.5, 0.6) is 0 Å². The number of aliphatic hydroxyl groups is 1. The molecule has 0 radical (unpaired) electrons. The van der Waals surface area contributed by atoms with Crippen molar-refractivity contribution in [1.82, 2.24) is 4.98 Å². The van der Waals surface area contributed by atoms with E-state index in [0.29, 0.717) is 0 Å². The van der Waals surface area contributed by atoms with Gasteiger partial charge in [0, 0.05) is 22.7 Å². The van der Waals surface area contributed by atoms with Gasteiger partial charge in [0.2, 0.25) is 0 Å². The minimum atomic E-state index is -0.351. The fraction of sp³-hybridized carbons (Fsp3) is 0.500. The Morgan fingerprint density at radius 3 is 2.85 bits per heavy atom. The molecular formula is C10H13NOS. The third-order valence-corrected chi connectivity index (χ3v) is 4.09. The van der Waals surface area contributed by atoms with E-state index in [2.05, 4.69) is 11.2 Å². The van der Waals surface area contributed by atoms with Gasteiger partial charge < -0.3 is 5.11 Å². The summed E-state index contributed by atoms with van der Waals surface area (Å²) in [5, 5.41) is 10.0. The summed E-state index contributed by atoms with van der Waals surface area (Å²) in [4.78, 5) is 4.01. The quantitative estimate of drug-likeness (QED) is 0.801. The molecule has 1 aromatic heterocycles. The predicted molar refractivity (Wildman–Crippen MR) is 54.7 cm³/mol. The molecule has 3 heteroatoms. The molecule has 0 bridgehead atoms. The van der Waals surface area contributed by atoms with Gasteiger partial charge in [-0.1, -0.05) is 6.07 Å². The molecule has 1 saturated carbocycles. The van der Waals surface area contributed by atoms with Crippen molar-refractivity contribution in [3.63, 3.8) is 0 Å². The van der Waals surface area contributed by atoms with Crippen molar-refractivity contribution in [3.05, 3.63) is 30.1 Å². The van der Waals surface area contributed by atoms with E-state index in [-0.39, 0.29) is 10.9 Å². The van der Waals surface area contributed by atoms with Crippen LogP contribution in [0.25, 0.3) is 0 Å². The molecule has 0 spiro atoms. The lowest BCUT2D eigenvalue weighted by molar-refractivity contribution is 0.167. The number of thioether (sulfide) groups is 1. The topological polar surface area (TPSA) is 33.1 Å². The maximum absolute atomic E-state index is 10.0. The van der Waals surface area contributed by atoms with E-state index in [9.17, 15) is 5.11 Å². The lowest BCUT2D eigenvalue weighted by Crippen LogP contribution is -2.15. The van der Waals surface area contributed by atoms with Crippen LogP contribution in [0, 0.1) is 0 Å². The molecule has 1 aliphatic rings. The first-order valence-electron chi connectivity index (χ1n) is 4.42. The van der Waals surface area contributed by atoms with Crippen molar-refractivity contribution in [2.24, 2.45) is 0 Å². The van der Waals surface area contributed by atoms with Crippen LogP contribution < -0.4 is 0 Å². The van der Waals surface area contributed by atoms with E-state index in [0.717, 1.165) is 18.4 Å². The van der Waals surface area contributed by atoms with E-state index in [1.807, 2.05) is 12.1 Å². The number of pyridine rings is 1. The lowest BCUT2D eigenvalue weighted by atomic mass is 10.1. The summed E-state index contributed by atoms with van der Waals surface area (Å²) in [5.74, 6) is 0.